The number of aromatic nitrogens is 4. The molecule has 2 amide bonds. The second-order valence-electron chi connectivity index (χ2n) is 15.9. The predicted molar refractivity (Wildman–Crippen MR) is 215 cm³/mol. The number of hydrogen-bond acceptors (Lipinski definition) is 12. The second-order valence-corrected chi connectivity index (χ2v) is 15.9. The fourth-order valence-electron chi connectivity index (χ4n) is 7.70. The van der Waals surface area contributed by atoms with Gasteiger partial charge in [0.25, 0.3) is 0 Å². The molecule has 3 aliphatic rings. The summed E-state index contributed by atoms with van der Waals surface area (Å²) in [5.41, 5.74) is 0.634. The first-order chi connectivity index (χ1) is 28.7. The third-order valence-electron chi connectivity index (χ3n) is 11.6. The van der Waals surface area contributed by atoms with Gasteiger partial charge in [-0.2, -0.15) is 5.10 Å². The number of ether oxygens (including phenoxy) is 3. The van der Waals surface area contributed by atoms with Crippen LogP contribution in [0.2, 0.25) is 0 Å². The quantitative estimate of drug-likeness (QED) is 0.153. The minimum absolute atomic E-state index is 0.00594. The van der Waals surface area contributed by atoms with Gasteiger partial charge in [-0.3, -0.25) is 4.79 Å². The van der Waals surface area contributed by atoms with Crippen LogP contribution in [-0.4, -0.2) is 117 Å². The molecule has 2 aromatic heterocycles. The van der Waals surface area contributed by atoms with Crippen molar-refractivity contribution < 1.29 is 46.7 Å². The van der Waals surface area contributed by atoms with Crippen molar-refractivity contribution >= 4 is 47.4 Å². The van der Waals surface area contributed by atoms with Crippen LogP contribution in [0.3, 0.4) is 0 Å². The van der Waals surface area contributed by atoms with Crippen molar-refractivity contribution in [2.24, 2.45) is 0 Å². The molecule has 3 aliphatic heterocycles. The van der Waals surface area contributed by atoms with Crippen molar-refractivity contribution in [3.8, 4) is 11.4 Å². The Hall–Kier alpha value is -6.14. The summed E-state index contributed by atoms with van der Waals surface area (Å²) in [6.45, 7) is 8.05. The normalized spacial score (nSPS) is 21.0. The lowest BCUT2D eigenvalue weighted by Crippen LogP contribution is -2.62. The molecule has 8 rings (SSSR count). The van der Waals surface area contributed by atoms with Crippen molar-refractivity contribution in [2.75, 3.05) is 38.2 Å². The molecule has 3 aromatic carbocycles. The molecule has 18 heteroatoms. The van der Waals surface area contributed by atoms with Gasteiger partial charge in [0.1, 0.15) is 54.2 Å². The van der Waals surface area contributed by atoms with Crippen LogP contribution in [0.25, 0.3) is 16.7 Å². The maximum absolute atomic E-state index is 15.0. The van der Waals surface area contributed by atoms with E-state index in [1.165, 1.54) is 40.2 Å². The molecule has 5 aromatic rings. The summed E-state index contributed by atoms with van der Waals surface area (Å²) in [5.74, 6) is -1.90. The summed E-state index contributed by atoms with van der Waals surface area (Å²) in [6, 6.07) is 17.6. The Morgan fingerprint density at radius 1 is 0.900 bits per heavy atom. The van der Waals surface area contributed by atoms with E-state index in [0.717, 1.165) is 23.2 Å². The smallest absolute Gasteiger partial charge is 0.489 e. The highest BCUT2D eigenvalue weighted by molar-refractivity contribution is 6.62. The van der Waals surface area contributed by atoms with E-state index in [2.05, 4.69) is 15.1 Å². The number of rotatable bonds is 9. The lowest BCUT2D eigenvalue weighted by molar-refractivity contribution is -0.156. The van der Waals surface area contributed by atoms with E-state index in [4.69, 9.17) is 23.5 Å². The number of fused-ring (bicyclic) bond motifs is 1. The number of amides is 2. The molecule has 312 valence electrons. The van der Waals surface area contributed by atoms with Gasteiger partial charge >= 0.3 is 19.2 Å². The zero-order valence-corrected chi connectivity index (χ0v) is 33.8. The van der Waals surface area contributed by atoms with Gasteiger partial charge in [-0.1, -0.05) is 42.5 Å². The van der Waals surface area contributed by atoms with Gasteiger partial charge in [0.2, 0.25) is 5.91 Å². The Kier molecular flexibility index (Phi) is 10.9. The molecule has 5 heterocycles. The monoisotopic (exact) mass is 823 g/mol. The fourth-order valence-corrected chi connectivity index (χ4v) is 7.70. The number of halogens is 2. The number of anilines is 1. The van der Waals surface area contributed by atoms with Crippen molar-refractivity contribution in [1.29, 1.82) is 0 Å². The minimum atomic E-state index is -1.14. The van der Waals surface area contributed by atoms with E-state index in [-0.39, 0.29) is 50.5 Å². The SMILES string of the molecule is COC(=O)[C@@H]1CN(C(=O)OCc2ccccc2)CCN1C(=O)[C@@H]1C[C@H](Oc2cccc(B3OC(C)(C)C(C)(C)O3)c2)CN1c1ncnc2c1cnn2-c1ccc(F)cc1F. The van der Waals surface area contributed by atoms with Crippen LogP contribution in [0.1, 0.15) is 39.7 Å². The van der Waals surface area contributed by atoms with E-state index in [0.29, 0.717) is 17.0 Å². The molecule has 0 radical (unpaired) electrons. The molecule has 0 N–H and O–H groups in total. The number of carbonyl (C=O) groups excluding carboxylic acids is 3. The van der Waals surface area contributed by atoms with Gasteiger partial charge < -0.3 is 38.2 Å². The molecular weight excluding hydrogens is 779 g/mol. The zero-order valence-electron chi connectivity index (χ0n) is 33.8. The molecule has 3 atom stereocenters. The maximum Gasteiger partial charge on any atom is 0.494 e. The number of carbonyl (C=O) groups is 3. The van der Waals surface area contributed by atoms with Crippen molar-refractivity contribution in [3.63, 3.8) is 0 Å². The van der Waals surface area contributed by atoms with E-state index in [1.807, 2.05) is 82.3 Å². The van der Waals surface area contributed by atoms with Crippen LogP contribution in [0, 0.1) is 11.6 Å². The molecule has 3 fully saturated rings. The zero-order chi connectivity index (χ0) is 42.3. The van der Waals surface area contributed by atoms with Crippen LogP contribution in [-0.2, 0) is 35.0 Å². The summed E-state index contributed by atoms with van der Waals surface area (Å²) < 4.78 is 59.9. The number of esters is 1. The van der Waals surface area contributed by atoms with Crippen LogP contribution in [0.5, 0.6) is 5.75 Å². The fraction of sp³-hybridized carbons (Fsp3) is 0.381. The van der Waals surface area contributed by atoms with E-state index >= 15 is 4.39 Å². The van der Waals surface area contributed by atoms with Gasteiger partial charge in [-0.15, -0.1) is 0 Å². The molecule has 0 unspecified atom stereocenters. The Morgan fingerprint density at radius 3 is 2.40 bits per heavy atom. The number of hydrogen-bond donors (Lipinski definition) is 0. The lowest BCUT2D eigenvalue weighted by atomic mass is 9.79. The number of benzene rings is 3. The molecule has 0 bridgehead atoms. The number of nitrogens with zero attached hydrogens (tertiary/aromatic N) is 7. The summed E-state index contributed by atoms with van der Waals surface area (Å²) >= 11 is 0. The molecule has 0 spiro atoms. The maximum atomic E-state index is 15.0. The van der Waals surface area contributed by atoms with E-state index < -0.39 is 66.1 Å². The highest BCUT2D eigenvalue weighted by Gasteiger charge is 2.52. The third-order valence-corrected chi connectivity index (χ3v) is 11.6. The average Bonchev–Trinajstić information content (AvgIpc) is 3.92. The van der Waals surface area contributed by atoms with Crippen molar-refractivity contribution in [1.82, 2.24) is 29.5 Å². The molecular formula is C42H44BF2N7O8. The predicted octanol–water partition coefficient (Wildman–Crippen LogP) is 4.44. The summed E-state index contributed by atoms with van der Waals surface area (Å²) in [4.78, 5) is 55.0. The third kappa shape index (κ3) is 7.84. The number of piperazine rings is 1. The number of methoxy groups -OCH3 is 1. The van der Waals surface area contributed by atoms with Crippen LogP contribution in [0.4, 0.5) is 19.4 Å². The Bertz CT molecular complexity index is 2400. The summed E-state index contributed by atoms with van der Waals surface area (Å²) in [6.07, 6.45) is 1.69. The van der Waals surface area contributed by atoms with Crippen LogP contribution in [0.15, 0.2) is 85.3 Å². The topological polar surface area (TPSA) is 151 Å². The van der Waals surface area contributed by atoms with Gasteiger partial charge in [0, 0.05) is 25.6 Å². The standard InChI is InChI=1S/C42H44BF2N7O8/c1-41(2)42(3,4)60-43(59-41)27-12-9-13-29(18-27)58-30-20-34(51(22-30)36-31-21-48-52(37(31)47-25-46-36)33-15-14-28(44)19-32(33)45)38(53)50-17-16-49(23-35(50)39(54)56-5)40(55)57-24-26-10-7-6-8-11-26/h6-15,18-19,21,25,30,34-35H,16-17,20,22-24H2,1-5H3/t30-,34-,35-/m0/s1. The first kappa shape index (κ1) is 40.6. The Balaban J connectivity index is 1.09. The summed E-state index contributed by atoms with van der Waals surface area (Å²) in [5, 5.41) is 4.76. The van der Waals surface area contributed by atoms with E-state index in [1.54, 1.807) is 4.90 Å². The van der Waals surface area contributed by atoms with Gasteiger partial charge in [0.05, 0.1) is 43.0 Å². The Labute approximate surface area is 345 Å². The van der Waals surface area contributed by atoms with Crippen molar-refractivity contribution in [2.45, 2.75) is 70.1 Å². The highest BCUT2D eigenvalue weighted by Crippen LogP contribution is 2.37. The van der Waals surface area contributed by atoms with Gasteiger partial charge in [-0.25, -0.2) is 33.0 Å². The van der Waals surface area contributed by atoms with Crippen LogP contribution >= 0.6 is 0 Å². The molecule has 0 aliphatic carbocycles. The lowest BCUT2D eigenvalue weighted by Gasteiger charge is -2.41. The molecule has 15 nitrogen and oxygen atoms in total. The molecule has 0 saturated carbocycles. The van der Waals surface area contributed by atoms with Gasteiger partial charge in [0.15, 0.2) is 11.5 Å². The van der Waals surface area contributed by atoms with E-state index in [9.17, 15) is 18.8 Å². The first-order valence-electron chi connectivity index (χ1n) is 19.6. The first-order valence-corrected chi connectivity index (χ1v) is 19.6. The molecule has 3 saturated heterocycles. The van der Waals surface area contributed by atoms with Crippen LogP contribution < -0.4 is 15.1 Å². The highest BCUT2D eigenvalue weighted by atomic mass is 19.1. The Morgan fingerprint density at radius 2 is 1.67 bits per heavy atom. The average molecular weight is 824 g/mol. The largest absolute Gasteiger partial charge is 0.494 e. The molecule has 60 heavy (non-hydrogen) atoms. The minimum Gasteiger partial charge on any atom is -0.489 e. The van der Waals surface area contributed by atoms with Gasteiger partial charge in [-0.05, 0) is 63.0 Å². The second kappa shape index (κ2) is 16.1. The van der Waals surface area contributed by atoms with Crippen molar-refractivity contribution in [3.05, 3.63) is 103 Å². The summed E-state index contributed by atoms with van der Waals surface area (Å²) in [7, 11) is 0.592.